The maximum absolute atomic E-state index is 3.40. The van der Waals surface area contributed by atoms with Gasteiger partial charge in [-0.05, 0) is 30.4 Å². The van der Waals surface area contributed by atoms with Crippen molar-refractivity contribution in [2.45, 2.75) is 13.8 Å². The Morgan fingerprint density at radius 2 is 2.23 bits per heavy atom. The highest BCUT2D eigenvalue weighted by molar-refractivity contribution is 7.99. The summed E-state index contributed by atoms with van der Waals surface area (Å²) in [6.07, 6.45) is 0. The molecule has 0 aliphatic heterocycles. The van der Waals surface area contributed by atoms with Crippen molar-refractivity contribution in [2.24, 2.45) is 0 Å². The van der Waals surface area contributed by atoms with Gasteiger partial charge in [-0.1, -0.05) is 19.1 Å². The first kappa shape index (κ1) is 10.5. The molecule has 0 aliphatic carbocycles. The molecule has 1 rings (SSSR count). The van der Waals surface area contributed by atoms with Crippen molar-refractivity contribution in [2.75, 3.05) is 23.4 Å². The Labute approximate surface area is 84.9 Å². The van der Waals surface area contributed by atoms with Crippen LogP contribution in [0.25, 0.3) is 0 Å². The summed E-state index contributed by atoms with van der Waals surface area (Å²) in [6.45, 7) is 5.37. The van der Waals surface area contributed by atoms with Gasteiger partial charge in [0.15, 0.2) is 0 Å². The van der Waals surface area contributed by atoms with Crippen LogP contribution in [0.2, 0.25) is 0 Å². The van der Waals surface area contributed by atoms with E-state index in [4.69, 9.17) is 0 Å². The van der Waals surface area contributed by atoms with Crippen molar-refractivity contribution in [1.82, 2.24) is 0 Å². The van der Waals surface area contributed by atoms with Gasteiger partial charge < -0.3 is 5.32 Å². The molecular weight excluding hydrogens is 178 g/mol. The molecule has 0 fully saturated rings. The maximum atomic E-state index is 3.40. The fourth-order valence-corrected chi connectivity index (χ4v) is 1.70. The molecule has 0 aliphatic rings. The predicted octanol–water partition coefficient (Wildman–Crippen LogP) is 3.16. The molecule has 0 bridgehead atoms. The molecule has 0 saturated heterocycles. The SMILES string of the molecule is CCSCCNc1cccc(C)c1. The van der Waals surface area contributed by atoms with Crippen molar-refractivity contribution >= 4 is 17.4 Å². The van der Waals surface area contributed by atoms with Gasteiger partial charge in [0.2, 0.25) is 0 Å². The van der Waals surface area contributed by atoms with E-state index in [-0.39, 0.29) is 0 Å². The van der Waals surface area contributed by atoms with Gasteiger partial charge in [-0.25, -0.2) is 0 Å². The molecular formula is C11H17NS. The van der Waals surface area contributed by atoms with Crippen LogP contribution in [0.15, 0.2) is 24.3 Å². The largest absolute Gasteiger partial charge is 0.384 e. The molecule has 0 unspecified atom stereocenters. The number of rotatable bonds is 5. The van der Waals surface area contributed by atoms with Crippen LogP contribution < -0.4 is 5.32 Å². The van der Waals surface area contributed by atoms with Gasteiger partial charge in [0.25, 0.3) is 0 Å². The van der Waals surface area contributed by atoms with Crippen LogP contribution in [0.1, 0.15) is 12.5 Å². The first-order valence-electron chi connectivity index (χ1n) is 4.71. The monoisotopic (exact) mass is 195 g/mol. The molecule has 2 heteroatoms. The molecule has 0 aromatic heterocycles. The molecule has 13 heavy (non-hydrogen) atoms. The van der Waals surface area contributed by atoms with Crippen molar-refractivity contribution in [3.8, 4) is 0 Å². The first-order chi connectivity index (χ1) is 6.33. The van der Waals surface area contributed by atoms with Crippen molar-refractivity contribution < 1.29 is 0 Å². The summed E-state index contributed by atoms with van der Waals surface area (Å²) < 4.78 is 0. The summed E-state index contributed by atoms with van der Waals surface area (Å²) in [5.41, 5.74) is 2.55. The van der Waals surface area contributed by atoms with E-state index in [1.165, 1.54) is 22.8 Å². The van der Waals surface area contributed by atoms with Gasteiger partial charge in [0.1, 0.15) is 0 Å². The zero-order valence-corrected chi connectivity index (χ0v) is 9.16. The molecule has 72 valence electrons. The Balaban J connectivity index is 2.28. The van der Waals surface area contributed by atoms with Crippen LogP contribution in [0, 0.1) is 6.92 Å². The molecule has 0 radical (unpaired) electrons. The van der Waals surface area contributed by atoms with Gasteiger partial charge in [0, 0.05) is 18.0 Å². The zero-order chi connectivity index (χ0) is 9.52. The van der Waals surface area contributed by atoms with Crippen molar-refractivity contribution in [3.63, 3.8) is 0 Å². The van der Waals surface area contributed by atoms with Gasteiger partial charge in [-0.2, -0.15) is 11.8 Å². The fourth-order valence-electron chi connectivity index (χ4n) is 1.17. The Kier molecular flexibility index (Phi) is 4.76. The summed E-state index contributed by atoms with van der Waals surface area (Å²) in [5.74, 6) is 2.39. The number of aryl methyl sites for hydroxylation is 1. The maximum Gasteiger partial charge on any atom is 0.0343 e. The van der Waals surface area contributed by atoms with E-state index >= 15 is 0 Å². The number of hydrogen-bond acceptors (Lipinski definition) is 2. The van der Waals surface area contributed by atoms with E-state index < -0.39 is 0 Å². The summed E-state index contributed by atoms with van der Waals surface area (Å²) in [5, 5.41) is 3.40. The lowest BCUT2D eigenvalue weighted by Gasteiger charge is -2.05. The molecule has 0 saturated carbocycles. The summed E-state index contributed by atoms with van der Waals surface area (Å²) in [4.78, 5) is 0. The smallest absolute Gasteiger partial charge is 0.0343 e. The highest BCUT2D eigenvalue weighted by Crippen LogP contribution is 2.09. The molecule has 0 heterocycles. The third-order valence-corrected chi connectivity index (χ3v) is 2.70. The minimum atomic E-state index is 1.06. The van der Waals surface area contributed by atoms with E-state index in [0.717, 1.165) is 6.54 Å². The lowest BCUT2D eigenvalue weighted by atomic mass is 10.2. The number of thioether (sulfide) groups is 1. The minimum Gasteiger partial charge on any atom is -0.384 e. The second-order valence-corrected chi connectivity index (χ2v) is 4.39. The second-order valence-electron chi connectivity index (χ2n) is 2.99. The Hall–Kier alpha value is -0.630. The topological polar surface area (TPSA) is 12.0 Å². The highest BCUT2D eigenvalue weighted by atomic mass is 32.2. The minimum absolute atomic E-state index is 1.06. The summed E-state index contributed by atoms with van der Waals surface area (Å²) >= 11 is 1.97. The summed E-state index contributed by atoms with van der Waals surface area (Å²) in [6, 6.07) is 8.50. The third-order valence-electron chi connectivity index (χ3n) is 1.80. The average Bonchev–Trinajstić information content (AvgIpc) is 2.13. The molecule has 0 spiro atoms. The van der Waals surface area contributed by atoms with Gasteiger partial charge in [-0.3, -0.25) is 0 Å². The summed E-state index contributed by atoms with van der Waals surface area (Å²) in [7, 11) is 0. The molecule has 1 aromatic rings. The molecule has 0 amide bonds. The predicted molar refractivity (Wildman–Crippen MR) is 62.7 cm³/mol. The lowest BCUT2D eigenvalue weighted by Crippen LogP contribution is -2.03. The van der Waals surface area contributed by atoms with Crippen molar-refractivity contribution in [1.29, 1.82) is 0 Å². The van der Waals surface area contributed by atoms with Crippen LogP contribution in [0.3, 0.4) is 0 Å². The first-order valence-corrected chi connectivity index (χ1v) is 5.86. The fraction of sp³-hybridized carbons (Fsp3) is 0.455. The van der Waals surface area contributed by atoms with Gasteiger partial charge in [-0.15, -0.1) is 0 Å². The third kappa shape index (κ3) is 4.23. The number of nitrogens with one attached hydrogen (secondary N) is 1. The van der Waals surface area contributed by atoms with E-state index in [9.17, 15) is 0 Å². The van der Waals surface area contributed by atoms with Crippen LogP contribution in [-0.4, -0.2) is 18.1 Å². The molecule has 1 N–H and O–H groups in total. The van der Waals surface area contributed by atoms with Gasteiger partial charge >= 0.3 is 0 Å². The Morgan fingerprint density at radius 3 is 2.92 bits per heavy atom. The molecule has 1 aromatic carbocycles. The van der Waals surface area contributed by atoms with Gasteiger partial charge in [0.05, 0.1) is 0 Å². The Morgan fingerprint density at radius 1 is 1.38 bits per heavy atom. The quantitative estimate of drug-likeness (QED) is 0.724. The second kappa shape index (κ2) is 5.92. The lowest BCUT2D eigenvalue weighted by molar-refractivity contribution is 1.22. The Bertz CT molecular complexity index is 248. The van der Waals surface area contributed by atoms with Crippen LogP contribution in [0.4, 0.5) is 5.69 Å². The highest BCUT2D eigenvalue weighted by Gasteiger charge is 1.90. The van der Waals surface area contributed by atoms with E-state index in [1.807, 2.05) is 11.8 Å². The van der Waals surface area contributed by atoms with E-state index in [2.05, 4.69) is 43.4 Å². The number of benzene rings is 1. The average molecular weight is 195 g/mol. The molecule has 0 atom stereocenters. The number of anilines is 1. The van der Waals surface area contributed by atoms with Crippen LogP contribution >= 0.6 is 11.8 Å². The van der Waals surface area contributed by atoms with E-state index in [1.54, 1.807) is 0 Å². The van der Waals surface area contributed by atoms with E-state index in [0.29, 0.717) is 0 Å². The van der Waals surface area contributed by atoms with Crippen molar-refractivity contribution in [3.05, 3.63) is 29.8 Å². The van der Waals surface area contributed by atoms with Crippen LogP contribution in [-0.2, 0) is 0 Å². The zero-order valence-electron chi connectivity index (χ0n) is 8.34. The molecule has 1 nitrogen and oxygen atoms in total. The number of hydrogen-bond donors (Lipinski definition) is 1. The van der Waals surface area contributed by atoms with Crippen LogP contribution in [0.5, 0.6) is 0 Å². The standard InChI is InChI=1S/C11H17NS/c1-3-13-8-7-12-11-6-4-5-10(2)9-11/h4-6,9,12H,3,7-8H2,1-2H3. The normalized spacial score (nSPS) is 10.0.